The van der Waals surface area contributed by atoms with Gasteiger partial charge in [0.05, 0.1) is 0 Å². The Kier molecular flexibility index (Phi) is 6.36. The first kappa shape index (κ1) is 10.8. The zero-order valence-electron chi connectivity index (χ0n) is 7.50. The Bertz CT molecular complexity index is 123. The molecule has 0 radical (unpaired) electrons. The lowest BCUT2D eigenvalue weighted by Gasteiger charge is -2.07. The Labute approximate surface area is 73.0 Å². The quantitative estimate of drug-likeness (QED) is 0.387. The minimum Gasteiger partial charge on any atom is -0.379 e. The zero-order valence-corrected chi connectivity index (χ0v) is 8.32. The molecule has 0 bridgehead atoms. The van der Waals surface area contributed by atoms with Crippen molar-refractivity contribution in [1.82, 2.24) is 4.90 Å². The number of nitrogens with two attached hydrogens (primary N) is 1. The summed E-state index contributed by atoms with van der Waals surface area (Å²) >= 11 is 1.62. The van der Waals surface area contributed by atoms with E-state index in [1.54, 1.807) is 18.8 Å². The standard InChI is InChI=1S/C7H17N3S/c1-9-7(8)11-6-4-5-10(2)3/h4-6H2,1-3H3,(H2,8,9). The number of amidine groups is 1. The van der Waals surface area contributed by atoms with Gasteiger partial charge in [-0.3, -0.25) is 4.99 Å². The van der Waals surface area contributed by atoms with E-state index >= 15 is 0 Å². The molecule has 0 aliphatic carbocycles. The van der Waals surface area contributed by atoms with Crippen molar-refractivity contribution in [3.8, 4) is 0 Å². The molecule has 0 heterocycles. The van der Waals surface area contributed by atoms with Gasteiger partial charge in [0.2, 0.25) is 0 Å². The summed E-state index contributed by atoms with van der Waals surface area (Å²) in [6, 6.07) is 0. The van der Waals surface area contributed by atoms with E-state index in [9.17, 15) is 0 Å². The van der Waals surface area contributed by atoms with Crippen LogP contribution >= 0.6 is 11.8 Å². The van der Waals surface area contributed by atoms with Crippen molar-refractivity contribution in [2.45, 2.75) is 6.42 Å². The molecular weight excluding hydrogens is 158 g/mol. The molecular formula is C7H17N3S. The molecule has 0 unspecified atom stereocenters. The van der Waals surface area contributed by atoms with Gasteiger partial charge in [-0.05, 0) is 27.1 Å². The molecule has 0 aliphatic rings. The van der Waals surface area contributed by atoms with Crippen molar-refractivity contribution < 1.29 is 0 Å². The van der Waals surface area contributed by atoms with E-state index in [1.165, 1.54) is 0 Å². The molecule has 2 N–H and O–H groups in total. The third-order valence-corrected chi connectivity index (χ3v) is 2.19. The van der Waals surface area contributed by atoms with Crippen LogP contribution in [0.15, 0.2) is 4.99 Å². The van der Waals surface area contributed by atoms with Crippen LogP contribution in [0.1, 0.15) is 6.42 Å². The fraction of sp³-hybridized carbons (Fsp3) is 0.857. The molecule has 4 heteroatoms. The van der Waals surface area contributed by atoms with Crippen LogP contribution in [-0.4, -0.2) is 43.5 Å². The molecule has 0 aromatic rings. The van der Waals surface area contributed by atoms with Crippen LogP contribution in [-0.2, 0) is 0 Å². The van der Waals surface area contributed by atoms with Crippen molar-refractivity contribution in [3.63, 3.8) is 0 Å². The van der Waals surface area contributed by atoms with E-state index in [0.717, 1.165) is 18.7 Å². The zero-order chi connectivity index (χ0) is 8.69. The lowest BCUT2D eigenvalue weighted by molar-refractivity contribution is 0.410. The maximum atomic E-state index is 5.49. The van der Waals surface area contributed by atoms with Gasteiger partial charge in [-0.15, -0.1) is 0 Å². The average Bonchev–Trinajstić information content (AvgIpc) is 1.97. The van der Waals surface area contributed by atoms with Crippen LogP contribution in [0.2, 0.25) is 0 Å². The summed E-state index contributed by atoms with van der Waals surface area (Å²) in [5.74, 6) is 1.06. The highest BCUT2D eigenvalue weighted by atomic mass is 32.2. The van der Waals surface area contributed by atoms with E-state index in [0.29, 0.717) is 5.17 Å². The Morgan fingerprint density at radius 3 is 2.64 bits per heavy atom. The Morgan fingerprint density at radius 2 is 2.18 bits per heavy atom. The molecule has 0 amide bonds. The minimum atomic E-state index is 0.684. The van der Waals surface area contributed by atoms with Gasteiger partial charge in [0.25, 0.3) is 0 Å². The summed E-state index contributed by atoms with van der Waals surface area (Å²) in [5.41, 5.74) is 5.49. The van der Waals surface area contributed by atoms with Crippen molar-refractivity contribution in [2.75, 3.05) is 33.4 Å². The Hall–Kier alpha value is -0.220. The fourth-order valence-electron chi connectivity index (χ4n) is 0.622. The molecule has 0 aliphatic heterocycles. The molecule has 0 rings (SSSR count). The Balaban J connectivity index is 3.15. The summed E-state index contributed by atoms with van der Waals surface area (Å²) in [6.07, 6.45) is 1.16. The predicted molar refractivity (Wildman–Crippen MR) is 53.2 cm³/mol. The molecule has 0 aromatic carbocycles. The Morgan fingerprint density at radius 1 is 1.55 bits per heavy atom. The minimum absolute atomic E-state index is 0.684. The van der Waals surface area contributed by atoms with Crippen LogP contribution in [0.4, 0.5) is 0 Å². The highest BCUT2D eigenvalue weighted by Crippen LogP contribution is 2.01. The molecule has 0 atom stereocenters. The summed E-state index contributed by atoms with van der Waals surface area (Å²) in [4.78, 5) is 6.02. The number of hydrogen-bond donors (Lipinski definition) is 1. The molecule has 3 nitrogen and oxygen atoms in total. The number of aliphatic imine (C=N–C) groups is 1. The van der Waals surface area contributed by atoms with E-state index in [-0.39, 0.29) is 0 Å². The maximum absolute atomic E-state index is 5.49. The van der Waals surface area contributed by atoms with Gasteiger partial charge in [0.1, 0.15) is 0 Å². The summed E-state index contributed by atoms with van der Waals surface area (Å²) in [5, 5.41) is 0.684. The first-order chi connectivity index (χ1) is 5.16. The molecule has 0 fully saturated rings. The topological polar surface area (TPSA) is 41.6 Å². The van der Waals surface area contributed by atoms with E-state index < -0.39 is 0 Å². The third-order valence-electron chi connectivity index (χ3n) is 1.22. The highest BCUT2D eigenvalue weighted by molar-refractivity contribution is 8.13. The maximum Gasteiger partial charge on any atom is 0.153 e. The largest absolute Gasteiger partial charge is 0.379 e. The smallest absolute Gasteiger partial charge is 0.153 e. The average molecular weight is 175 g/mol. The van der Waals surface area contributed by atoms with E-state index in [4.69, 9.17) is 5.73 Å². The number of rotatable bonds is 4. The lowest BCUT2D eigenvalue weighted by Crippen LogP contribution is -2.14. The second kappa shape index (κ2) is 6.49. The van der Waals surface area contributed by atoms with Crippen LogP contribution in [0, 0.1) is 0 Å². The van der Waals surface area contributed by atoms with E-state index in [2.05, 4.69) is 24.0 Å². The van der Waals surface area contributed by atoms with Gasteiger partial charge in [-0.1, -0.05) is 11.8 Å². The first-order valence-electron chi connectivity index (χ1n) is 3.66. The van der Waals surface area contributed by atoms with Gasteiger partial charge in [-0.2, -0.15) is 0 Å². The predicted octanol–water partition coefficient (Wildman–Crippen LogP) is 0.616. The van der Waals surface area contributed by atoms with Crippen LogP contribution in [0.3, 0.4) is 0 Å². The number of thioether (sulfide) groups is 1. The van der Waals surface area contributed by atoms with Gasteiger partial charge in [0.15, 0.2) is 5.17 Å². The number of hydrogen-bond acceptors (Lipinski definition) is 3. The summed E-state index contributed by atoms with van der Waals surface area (Å²) in [6.45, 7) is 1.12. The van der Waals surface area contributed by atoms with Crippen molar-refractivity contribution in [1.29, 1.82) is 0 Å². The second-order valence-corrected chi connectivity index (χ2v) is 3.68. The molecule has 0 spiro atoms. The number of nitrogens with zero attached hydrogens (tertiary/aromatic N) is 2. The summed E-state index contributed by atoms with van der Waals surface area (Å²) < 4.78 is 0. The van der Waals surface area contributed by atoms with Crippen molar-refractivity contribution >= 4 is 16.9 Å². The van der Waals surface area contributed by atoms with Crippen LogP contribution in [0.5, 0.6) is 0 Å². The molecule has 11 heavy (non-hydrogen) atoms. The fourth-order valence-corrected chi connectivity index (χ4v) is 1.23. The lowest BCUT2D eigenvalue weighted by atomic mass is 10.5. The van der Waals surface area contributed by atoms with Gasteiger partial charge in [-0.25, -0.2) is 0 Å². The normalized spacial score (nSPS) is 12.5. The SMILES string of the molecule is CN=C(N)SCCCN(C)C. The first-order valence-corrected chi connectivity index (χ1v) is 4.65. The second-order valence-electron chi connectivity index (χ2n) is 2.57. The molecule has 66 valence electrons. The third kappa shape index (κ3) is 7.68. The van der Waals surface area contributed by atoms with Crippen molar-refractivity contribution in [3.05, 3.63) is 0 Å². The molecule has 0 aromatic heterocycles. The summed E-state index contributed by atoms with van der Waals surface area (Å²) in [7, 11) is 5.86. The van der Waals surface area contributed by atoms with E-state index in [1.807, 2.05) is 0 Å². The van der Waals surface area contributed by atoms with Crippen molar-refractivity contribution in [2.24, 2.45) is 10.7 Å². The molecule has 0 saturated heterocycles. The van der Waals surface area contributed by atoms with Crippen LogP contribution < -0.4 is 5.73 Å². The van der Waals surface area contributed by atoms with Crippen LogP contribution in [0.25, 0.3) is 0 Å². The molecule has 0 saturated carbocycles. The van der Waals surface area contributed by atoms with Gasteiger partial charge < -0.3 is 10.6 Å². The van der Waals surface area contributed by atoms with Gasteiger partial charge >= 0.3 is 0 Å². The monoisotopic (exact) mass is 175 g/mol. The highest BCUT2D eigenvalue weighted by Gasteiger charge is 1.93. The van der Waals surface area contributed by atoms with Gasteiger partial charge in [0, 0.05) is 12.8 Å².